The van der Waals surface area contributed by atoms with Gasteiger partial charge in [-0.2, -0.15) is 5.10 Å². The summed E-state index contributed by atoms with van der Waals surface area (Å²) in [6.45, 7) is 1.95. The van der Waals surface area contributed by atoms with E-state index in [0.717, 1.165) is 11.1 Å². The van der Waals surface area contributed by atoms with E-state index in [4.69, 9.17) is 0 Å². The third-order valence-electron chi connectivity index (χ3n) is 3.43. The zero-order valence-electron chi connectivity index (χ0n) is 12.2. The van der Waals surface area contributed by atoms with Crippen LogP contribution in [0.2, 0.25) is 0 Å². The lowest BCUT2D eigenvalue weighted by Crippen LogP contribution is -2.26. The van der Waals surface area contributed by atoms with Crippen LogP contribution in [0.3, 0.4) is 0 Å². The Hall–Kier alpha value is -2.95. The summed E-state index contributed by atoms with van der Waals surface area (Å²) in [5, 5.41) is 9.88. The molecule has 2 N–H and O–H groups in total. The molecule has 0 aliphatic rings. The highest BCUT2D eigenvalue weighted by Gasteiger charge is 2.14. The Bertz CT molecular complexity index is 753. The summed E-state index contributed by atoms with van der Waals surface area (Å²) in [5.74, 6) is -0.181. The van der Waals surface area contributed by atoms with Gasteiger partial charge in [-0.05, 0) is 30.7 Å². The SMILES string of the molecule is C[C@@H](NC(=O)c1cc(-c2cccnc2)n[nH]1)c1ccccc1. The second kappa shape index (κ2) is 6.22. The Morgan fingerprint density at radius 1 is 1.18 bits per heavy atom. The highest BCUT2D eigenvalue weighted by molar-refractivity contribution is 5.93. The average Bonchev–Trinajstić information content (AvgIpc) is 3.06. The molecule has 1 atom stereocenters. The van der Waals surface area contributed by atoms with Gasteiger partial charge in [0.25, 0.3) is 5.91 Å². The van der Waals surface area contributed by atoms with Gasteiger partial charge in [0, 0.05) is 18.0 Å². The quantitative estimate of drug-likeness (QED) is 0.776. The van der Waals surface area contributed by atoms with Crippen molar-refractivity contribution < 1.29 is 4.79 Å². The van der Waals surface area contributed by atoms with Crippen LogP contribution in [0.25, 0.3) is 11.3 Å². The van der Waals surface area contributed by atoms with Crippen LogP contribution < -0.4 is 5.32 Å². The van der Waals surface area contributed by atoms with Crippen LogP contribution in [-0.2, 0) is 0 Å². The lowest BCUT2D eigenvalue weighted by Gasteiger charge is -2.13. The monoisotopic (exact) mass is 292 g/mol. The zero-order valence-corrected chi connectivity index (χ0v) is 12.2. The Morgan fingerprint density at radius 3 is 2.73 bits per heavy atom. The number of amides is 1. The smallest absolute Gasteiger partial charge is 0.269 e. The molecule has 2 heterocycles. The Labute approximate surface area is 128 Å². The largest absolute Gasteiger partial charge is 0.344 e. The maximum Gasteiger partial charge on any atom is 0.269 e. The highest BCUT2D eigenvalue weighted by Crippen LogP contribution is 2.17. The number of pyridine rings is 1. The zero-order chi connectivity index (χ0) is 15.4. The highest BCUT2D eigenvalue weighted by atomic mass is 16.2. The fourth-order valence-electron chi connectivity index (χ4n) is 2.20. The molecule has 0 spiro atoms. The van der Waals surface area contributed by atoms with E-state index in [0.29, 0.717) is 11.4 Å². The van der Waals surface area contributed by atoms with Crippen LogP contribution in [0, 0.1) is 0 Å². The molecule has 3 rings (SSSR count). The topological polar surface area (TPSA) is 70.7 Å². The summed E-state index contributed by atoms with van der Waals surface area (Å²) < 4.78 is 0. The van der Waals surface area contributed by atoms with Crippen LogP contribution in [0.5, 0.6) is 0 Å². The van der Waals surface area contributed by atoms with Gasteiger partial charge in [0.15, 0.2) is 0 Å². The van der Waals surface area contributed by atoms with Gasteiger partial charge in [0.05, 0.1) is 11.7 Å². The maximum absolute atomic E-state index is 12.3. The van der Waals surface area contributed by atoms with Gasteiger partial charge in [0.1, 0.15) is 5.69 Å². The van der Waals surface area contributed by atoms with E-state index < -0.39 is 0 Å². The van der Waals surface area contributed by atoms with Gasteiger partial charge in [-0.3, -0.25) is 14.9 Å². The summed E-state index contributed by atoms with van der Waals surface area (Å²) in [6.07, 6.45) is 3.41. The van der Waals surface area contributed by atoms with Crippen LogP contribution in [0.15, 0.2) is 60.9 Å². The molecule has 2 aromatic heterocycles. The summed E-state index contributed by atoms with van der Waals surface area (Å²) in [6, 6.07) is 15.2. The molecule has 0 fully saturated rings. The maximum atomic E-state index is 12.3. The van der Waals surface area contributed by atoms with Crippen molar-refractivity contribution in [2.45, 2.75) is 13.0 Å². The molecule has 3 aromatic rings. The van der Waals surface area contributed by atoms with Gasteiger partial charge >= 0.3 is 0 Å². The van der Waals surface area contributed by atoms with Crippen molar-refractivity contribution in [1.82, 2.24) is 20.5 Å². The molecule has 0 bridgehead atoms. The van der Waals surface area contributed by atoms with Gasteiger partial charge in [-0.1, -0.05) is 30.3 Å². The second-order valence-corrected chi connectivity index (χ2v) is 5.01. The van der Waals surface area contributed by atoms with E-state index in [1.807, 2.05) is 49.4 Å². The van der Waals surface area contributed by atoms with Crippen LogP contribution >= 0.6 is 0 Å². The first-order chi connectivity index (χ1) is 10.7. The first-order valence-electron chi connectivity index (χ1n) is 7.05. The van der Waals surface area contributed by atoms with Crippen LogP contribution in [0.1, 0.15) is 29.0 Å². The van der Waals surface area contributed by atoms with E-state index in [1.165, 1.54) is 0 Å². The normalized spacial score (nSPS) is 11.9. The van der Waals surface area contributed by atoms with E-state index in [2.05, 4.69) is 20.5 Å². The number of hydrogen-bond acceptors (Lipinski definition) is 3. The number of aromatic amines is 1. The molecule has 5 heteroatoms. The third-order valence-corrected chi connectivity index (χ3v) is 3.43. The van der Waals surface area contributed by atoms with E-state index in [9.17, 15) is 4.79 Å². The molecular formula is C17H16N4O. The molecule has 0 saturated carbocycles. The van der Waals surface area contributed by atoms with Crippen molar-refractivity contribution in [3.05, 3.63) is 72.2 Å². The van der Waals surface area contributed by atoms with Gasteiger partial charge in [-0.25, -0.2) is 0 Å². The molecule has 0 unspecified atom stereocenters. The molecule has 22 heavy (non-hydrogen) atoms. The number of carbonyl (C=O) groups excluding carboxylic acids is 1. The van der Waals surface area contributed by atoms with Gasteiger partial charge in [0.2, 0.25) is 0 Å². The number of nitrogens with zero attached hydrogens (tertiary/aromatic N) is 2. The van der Waals surface area contributed by atoms with Crippen molar-refractivity contribution in [3.8, 4) is 11.3 Å². The lowest BCUT2D eigenvalue weighted by molar-refractivity contribution is 0.0935. The van der Waals surface area contributed by atoms with E-state index >= 15 is 0 Å². The molecule has 110 valence electrons. The summed E-state index contributed by atoms with van der Waals surface area (Å²) in [7, 11) is 0. The number of carbonyl (C=O) groups is 1. The molecule has 0 saturated heterocycles. The minimum Gasteiger partial charge on any atom is -0.344 e. The molecular weight excluding hydrogens is 276 g/mol. The predicted molar refractivity (Wildman–Crippen MR) is 84.1 cm³/mol. The standard InChI is InChI=1S/C17H16N4O/c1-12(13-6-3-2-4-7-13)19-17(22)16-10-15(20-21-16)14-8-5-9-18-11-14/h2-12H,1H3,(H,19,22)(H,20,21)/t12-/m1/s1. The predicted octanol–water partition coefficient (Wildman–Crippen LogP) is 2.96. The summed E-state index contributed by atoms with van der Waals surface area (Å²) >= 11 is 0. The number of nitrogens with one attached hydrogen (secondary N) is 2. The third kappa shape index (κ3) is 3.03. The van der Waals surface area contributed by atoms with Gasteiger partial charge < -0.3 is 5.32 Å². The van der Waals surface area contributed by atoms with Crippen LogP contribution in [0.4, 0.5) is 0 Å². The summed E-state index contributed by atoms with van der Waals surface area (Å²) in [4.78, 5) is 16.3. The first-order valence-corrected chi connectivity index (χ1v) is 7.05. The van der Waals surface area contributed by atoms with Crippen molar-refractivity contribution in [3.63, 3.8) is 0 Å². The van der Waals surface area contributed by atoms with Crippen molar-refractivity contribution in [1.29, 1.82) is 0 Å². The number of aromatic nitrogens is 3. The lowest BCUT2D eigenvalue weighted by atomic mass is 10.1. The minimum absolute atomic E-state index is 0.0705. The number of rotatable bonds is 4. The van der Waals surface area contributed by atoms with E-state index in [1.54, 1.807) is 18.5 Å². The average molecular weight is 292 g/mol. The molecule has 5 nitrogen and oxygen atoms in total. The molecule has 0 radical (unpaired) electrons. The van der Waals surface area contributed by atoms with Gasteiger partial charge in [-0.15, -0.1) is 0 Å². The van der Waals surface area contributed by atoms with Crippen molar-refractivity contribution in [2.24, 2.45) is 0 Å². The number of H-pyrrole nitrogens is 1. The first kappa shape index (κ1) is 14.0. The number of benzene rings is 1. The molecule has 1 aromatic carbocycles. The Kier molecular flexibility index (Phi) is 3.96. The van der Waals surface area contributed by atoms with Crippen molar-refractivity contribution >= 4 is 5.91 Å². The fraction of sp³-hybridized carbons (Fsp3) is 0.118. The molecule has 0 aliphatic heterocycles. The fourth-order valence-corrected chi connectivity index (χ4v) is 2.20. The number of hydrogen-bond donors (Lipinski definition) is 2. The molecule has 1 amide bonds. The Morgan fingerprint density at radius 2 is 2.00 bits per heavy atom. The van der Waals surface area contributed by atoms with E-state index in [-0.39, 0.29) is 11.9 Å². The van der Waals surface area contributed by atoms with Crippen LogP contribution in [-0.4, -0.2) is 21.1 Å². The van der Waals surface area contributed by atoms with Crippen molar-refractivity contribution in [2.75, 3.05) is 0 Å². The Balaban J connectivity index is 1.72. The minimum atomic E-state index is -0.181. The second-order valence-electron chi connectivity index (χ2n) is 5.01. The molecule has 0 aliphatic carbocycles. The summed E-state index contributed by atoms with van der Waals surface area (Å²) in [5.41, 5.74) is 3.06.